The van der Waals surface area contributed by atoms with Crippen LogP contribution in [-0.4, -0.2) is 30.4 Å². The maximum atomic E-state index is 12.2. The first-order chi connectivity index (χ1) is 11.5. The Hall–Kier alpha value is -3.13. The molecule has 0 spiro atoms. The van der Waals surface area contributed by atoms with Gasteiger partial charge in [-0.2, -0.15) is 5.26 Å². The van der Waals surface area contributed by atoms with Crippen molar-refractivity contribution in [3.05, 3.63) is 71.3 Å². The number of carbonyl (C=O) groups excluding carboxylic acids is 2. The summed E-state index contributed by atoms with van der Waals surface area (Å²) in [5, 5.41) is 8.73. The Balaban J connectivity index is 1.92. The number of hydrogen-bond donors (Lipinski definition) is 0. The second-order valence-electron chi connectivity index (χ2n) is 5.36. The molecule has 5 heteroatoms. The fourth-order valence-corrected chi connectivity index (χ4v) is 2.16. The molecule has 0 aliphatic rings. The van der Waals surface area contributed by atoms with Crippen molar-refractivity contribution in [1.29, 1.82) is 5.26 Å². The highest BCUT2D eigenvalue weighted by atomic mass is 16.5. The number of nitrogens with zero attached hydrogens (tertiary/aromatic N) is 2. The van der Waals surface area contributed by atoms with Gasteiger partial charge in [0.1, 0.15) is 0 Å². The number of likely N-dealkylation sites (N-methyl/N-ethyl adjacent to an activating group) is 1. The van der Waals surface area contributed by atoms with Crippen molar-refractivity contribution < 1.29 is 14.3 Å². The van der Waals surface area contributed by atoms with Crippen molar-refractivity contribution in [2.24, 2.45) is 0 Å². The molecule has 2 aromatic rings. The van der Waals surface area contributed by atoms with Gasteiger partial charge < -0.3 is 9.64 Å². The molecule has 2 rings (SSSR count). The first-order valence-corrected chi connectivity index (χ1v) is 7.51. The lowest BCUT2D eigenvalue weighted by Crippen LogP contribution is -2.33. The highest BCUT2D eigenvalue weighted by Gasteiger charge is 2.19. The molecule has 0 N–H and O–H groups in total. The van der Waals surface area contributed by atoms with Gasteiger partial charge in [0.2, 0.25) is 0 Å². The third kappa shape index (κ3) is 4.20. The number of carbonyl (C=O) groups is 2. The molecule has 0 aliphatic heterocycles. The van der Waals surface area contributed by atoms with E-state index in [4.69, 9.17) is 10.00 Å². The van der Waals surface area contributed by atoms with Crippen LogP contribution in [0.1, 0.15) is 34.5 Å². The lowest BCUT2D eigenvalue weighted by molar-refractivity contribution is -0.135. The molecule has 0 saturated carbocycles. The van der Waals surface area contributed by atoms with Gasteiger partial charge in [0, 0.05) is 7.05 Å². The zero-order valence-corrected chi connectivity index (χ0v) is 13.6. The lowest BCUT2D eigenvalue weighted by atomic mass is 10.1. The minimum atomic E-state index is -0.589. The van der Waals surface area contributed by atoms with Gasteiger partial charge in [-0.25, -0.2) is 4.79 Å². The molecule has 0 saturated heterocycles. The Morgan fingerprint density at radius 1 is 1.12 bits per heavy atom. The van der Waals surface area contributed by atoms with E-state index in [1.807, 2.05) is 43.3 Å². The minimum Gasteiger partial charge on any atom is -0.452 e. The Morgan fingerprint density at radius 2 is 1.75 bits per heavy atom. The van der Waals surface area contributed by atoms with E-state index in [9.17, 15) is 9.59 Å². The first-order valence-electron chi connectivity index (χ1n) is 7.51. The SMILES string of the molecule is CC(c1ccccc1)N(C)C(=O)COC(=O)c1ccc(C#N)cc1. The second-order valence-corrected chi connectivity index (χ2v) is 5.36. The van der Waals surface area contributed by atoms with Crippen molar-refractivity contribution in [1.82, 2.24) is 4.90 Å². The van der Waals surface area contributed by atoms with Crippen LogP contribution in [0, 0.1) is 11.3 Å². The zero-order valence-electron chi connectivity index (χ0n) is 13.6. The van der Waals surface area contributed by atoms with E-state index >= 15 is 0 Å². The van der Waals surface area contributed by atoms with E-state index in [0.717, 1.165) is 5.56 Å². The number of amides is 1. The molecule has 0 aliphatic carbocycles. The van der Waals surface area contributed by atoms with E-state index in [2.05, 4.69) is 0 Å². The zero-order chi connectivity index (χ0) is 17.5. The molecular formula is C19H18N2O3. The van der Waals surface area contributed by atoms with E-state index in [1.54, 1.807) is 11.9 Å². The van der Waals surface area contributed by atoms with Crippen molar-refractivity contribution >= 4 is 11.9 Å². The summed E-state index contributed by atoms with van der Waals surface area (Å²) in [7, 11) is 1.68. The summed E-state index contributed by atoms with van der Waals surface area (Å²) in [6, 6.07) is 17.5. The van der Waals surface area contributed by atoms with Crippen LogP contribution in [0.25, 0.3) is 0 Å². The molecule has 1 amide bonds. The molecule has 122 valence electrons. The maximum absolute atomic E-state index is 12.2. The van der Waals surface area contributed by atoms with Crippen LogP contribution in [0.15, 0.2) is 54.6 Å². The smallest absolute Gasteiger partial charge is 0.338 e. The number of esters is 1. The van der Waals surface area contributed by atoms with Crippen LogP contribution in [0.3, 0.4) is 0 Å². The summed E-state index contributed by atoms with van der Waals surface area (Å²) in [5.74, 6) is -0.873. The van der Waals surface area contributed by atoms with Gasteiger partial charge >= 0.3 is 5.97 Å². The van der Waals surface area contributed by atoms with Crippen LogP contribution in [0.2, 0.25) is 0 Å². The minimum absolute atomic E-state index is 0.118. The third-order valence-corrected chi connectivity index (χ3v) is 3.83. The normalized spacial score (nSPS) is 11.2. The van der Waals surface area contributed by atoms with E-state index < -0.39 is 5.97 Å². The standard InChI is InChI=1S/C19H18N2O3/c1-14(16-6-4-3-5-7-16)21(2)18(22)13-24-19(23)17-10-8-15(12-20)9-11-17/h3-11,14H,13H2,1-2H3. The average molecular weight is 322 g/mol. The van der Waals surface area contributed by atoms with Crippen LogP contribution >= 0.6 is 0 Å². The van der Waals surface area contributed by atoms with Gasteiger partial charge in [-0.05, 0) is 36.8 Å². The molecule has 24 heavy (non-hydrogen) atoms. The van der Waals surface area contributed by atoms with E-state index in [1.165, 1.54) is 24.3 Å². The number of benzene rings is 2. The van der Waals surface area contributed by atoms with Crippen LogP contribution in [0.4, 0.5) is 0 Å². The van der Waals surface area contributed by atoms with Crippen molar-refractivity contribution in [2.45, 2.75) is 13.0 Å². The van der Waals surface area contributed by atoms with Gasteiger partial charge in [-0.3, -0.25) is 4.79 Å². The molecule has 0 heterocycles. The van der Waals surface area contributed by atoms with Gasteiger partial charge in [0.25, 0.3) is 5.91 Å². The molecule has 0 aromatic heterocycles. The van der Waals surface area contributed by atoms with Crippen LogP contribution in [-0.2, 0) is 9.53 Å². The fourth-order valence-electron chi connectivity index (χ4n) is 2.16. The summed E-state index contributed by atoms with van der Waals surface area (Å²) in [6.07, 6.45) is 0. The number of hydrogen-bond acceptors (Lipinski definition) is 4. The van der Waals surface area contributed by atoms with Gasteiger partial charge in [-0.1, -0.05) is 30.3 Å². The second kappa shape index (κ2) is 7.93. The maximum Gasteiger partial charge on any atom is 0.338 e. The Bertz CT molecular complexity index is 748. The monoisotopic (exact) mass is 322 g/mol. The lowest BCUT2D eigenvalue weighted by Gasteiger charge is -2.25. The van der Waals surface area contributed by atoms with E-state index in [-0.39, 0.29) is 18.6 Å². The highest BCUT2D eigenvalue weighted by Crippen LogP contribution is 2.18. The summed E-state index contributed by atoms with van der Waals surface area (Å²) in [5.41, 5.74) is 1.77. The number of ether oxygens (including phenoxy) is 1. The third-order valence-electron chi connectivity index (χ3n) is 3.83. The van der Waals surface area contributed by atoms with Crippen LogP contribution < -0.4 is 0 Å². The molecular weight excluding hydrogens is 304 g/mol. The predicted octanol–water partition coefficient (Wildman–Crippen LogP) is 2.93. The van der Waals surface area contributed by atoms with Gasteiger partial charge in [0.15, 0.2) is 6.61 Å². The number of nitriles is 1. The topological polar surface area (TPSA) is 70.4 Å². The molecule has 0 fully saturated rings. The first kappa shape index (κ1) is 17.2. The summed E-state index contributed by atoms with van der Waals surface area (Å²) in [4.78, 5) is 25.7. The summed E-state index contributed by atoms with van der Waals surface area (Å²) >= 11 is 0. The van der Waals surface area contributed by atoms with Crippen LogP contribution in [0.5, 0.6) is 0 Å². The fraction of sp³-hybridized carbons (Fsp3) is 0.211. The Labute approximate surface area is 141 Å². The van der Waals surface area contributed by atoms with Gasteiger partial charge in [-0.15, -0.1) is 0 Å². The number of rotatable bonds is 5. The average Bonchev–Trinajstić information content (AvgIpc) is 2.65. The van der Waals surface area contributed by atoms with Crippen molar-refractivity contribution in [2.75, 3.05) is 13.7 Å². The summed E-state index contributed by atoms with van der Waals surface area (Å²) < 4.78 is 5.06. The van der Waals surface area contributed by atoms with Gasteiger partial charge in [0.05, 0.1) is 23.2 Å². The quantitative estimate of drug-likeness (QED) is 0.794. The molecule has 0 bridgehead atoms. The Kier molecular flexibility index (Phi) is 5.69. The summed E-state index contributed by atoms with van der Waals surface area (Å²) in [6.45, 7) is 1.59. The largest absolute Gasteiger partial charge is 0.452 e. The molecule has 2 aromatic carbocycles. The Morgan fingerprint density at radius 3 is 2.33 bits per heavy atom. The highest BCUT2D eigenvalue weighted by molar-refractivity contribution is 5.91. The molecule has 1 atom stereocenters. The molecule has 0 radical (unpaired) electrons. The molecule has 1 unspecified atom stereocenters. The van der Waals surface area contributed by atoms with E-state index in [0.29, 0.717) is 11.1 Å². The van der Waals surface area contributed by atoms with Crippen molar-refractivity contribution in [3.63, 3.8) is 0 Å². The molecule has 5 nitrogen and oxygen atoms in total. The van der Waals surface area contributed by atoms with Crippen molar-refractivity contribution in [3.8, 4) is 6.07 Å². The predicted molar refractivity (Wildman–Crippen MR) is 89.1 cm³/mol.